The highest BCUT2D eigenvalue weighted by Gasteiger charge is 2.17. The van der Waals surface area contributed by atoms with Gasteiger partial charge in [0.2, 0.25) is 0 Å². The molecule has 19 heavy (non-hydrogen) atoms. The van der Waals surface area contributed by atoms with Crippen LogP contribution in [-0.2, 0) is 0 Å². The smallest absolute Gasteiger partial charge is 0.253 e. The van der Waals surface area contributed by atoms with Gasteiger partial charge in [0.1, 0.15) is 5.52 Å². The fourth-order valence-electron chi connectivity index (χ4n) is 1.76. The topological polar surface area (TPSA) is 75.1 Å². The molecule has 1 aromatic carbocycles. The summed E-state index contributed by atoms with van der Waals surface area (Å²) in [5.74, 6) is -0.191. The standard InChI is InChI=1S/C14H17N3O2/c1-9(8-18)10(2)17-14(19)11-4-3-5-12-13(11)16-7-6-15-12/h3-7,9-10,18H,8H2,1-2H3,(H,17,19). The third-order valence-electron chi connectivity index (χ3n) is 3.24. The van der Waals surface area contributed by atoms with Crippen molar-refractivity contribution in [2.75, 3.05) is 6.61 Å². The van der Waals surface area contributed by atoms with Gasteiger partial charge in [0.05, 0.1) is 11.1 Å². The van der Waals surface area contributed by atoms with Crippen LogP contribution in [0.1, 0.15) is 24.2 Å². The van der Waals surface area contributed by atoms with E-state index in [-0.39, 0.29) is 24.5 Å². The summed E-state index contributed by atoms with van der Waals surface area (Å²) in [6, 6.07) is 5.22. The third kappa shape index (κ3) is 2.88. The van der Waals surface area contributed by atoms with Crippen LogP contribution in [0, 0.1) is 5.92 Å². The molecule has 0 aliphatic rings. The maximum absolute atomic E-state index is 12.2. The zero-order valence-electron chi connectivity index (χ0n) is 11.0. The molecule has 0 aliphatic carbocycles. The Bertz CT molecular complexity index is 580. The van der Waals surface area contributed by atoms with Gasteiger partial charge in [0, 0.05) is 25.0 Å². The van der Waals surface area contributed by atoms with Gasteiger partial charge in [0.15, 0.2) is 0 Å². The van der Waals surface area contributed by atoms with E-state index in [4.69, 9.17) is 5.11 Å². The maximum atomic E-state index is 12.2. The quantitative estimate of drug-likeness (QED) is 0.869. The van der Waals surface area contributed by atoms with E-state index in [9.17, 15) is 4.79 Å². The Morgan fingerprint density at radius 2 is 2.05 bits per heavy atom. The second-order valence-corrected chi connectivity index (χ2v) is 4.65. The summed E-state index contributed by atoms with van der Waals surface area (Å²) in [6.07, 6.45) is 3.17. The molecule has 0 aliphatic heterocycles. The van der Waals surface area contributed by atoms with E-state index in [1.807, 2.05) is 19.9 Å². The lowest BCUT2D eigenvalue weighted by molar-refractivity contribution is 0.0918. The van der Waals surface area contributed by atoms with Gasteiger partial charge in [-0.2, -0.15) is 0 Å². The number of carbonyl (C=O) groups excluding carboxylic acids is 1. The van der Waals surface area contributed by atoms with E-state index in [1.165, 1.54) is 0 Å². The summed E-state index contributed by atoms with van der Waals surface area (Å²) >= 11 is 0. The van der Waals surface area contributed by atoms with Crippen LogP contribution in [0.5, 0.6) is 0 Å². The number of nitrogens with zero attached hydrogens (tertiary/aromatic N) is 2. The molecule has 2 rings (SSSR count). The number of fused-ring (bicyclic) bond motifs is 1. The first-order valence-electron chi connectivity index (χ1n) is 6.25. The summed E-state index contributed by atoms with van der Waals surface area (Å²) in [6.45, 7) is 3.79. The number of benzene rings is 1. The summed E-state index contributed by atoms with van der Waals surface area (Å²) in [7, 11) is 0. The molecule has 0 spiro atoms. The summed E-state index contributed by atoms with van der Waals surface area (Å²) in [4.78, 5) is 20.6. The Balaban J connectivity index is 2.27. The lowest BCUT2D eigenvalue weighted by Gasteiger charge is -2.19. The molecule has 0 radical (unpaired) electrons. The van der Waals surface area contributed by atoms with Gasteiger partial charge < -0.3 is 10.4 Å². The van der Waals surface area contributed by atoms with Crippen molar-refractivity contribution in [3.63, 3.8) is 0 Å². The third-order valence-corrected chi connectivity index (χ3v) is 3.24. The molecular weight excluding hydrogens is 242 g/mol. The number of hydrogen-bond donors (Lipinski definition) is 2. The van der Waals surface area contributed by atoms with Crippen molar-refractivity contribution in [1.29, 1.82) is 0 Å². The molecule has 100 valence electrons. The first-order valence-corrected chi connectivity index (χ1v) is 6.25. The number of aliphatic hydroxyl groups is 1. The molecule has 0 saturated carbocycles. The van der Waals surface area contributed by atoms with Crippen molar-refractivity contribution in [3.05, 3.63) is 36.2 Å². The van der Waals surface area contributed by atoms with Gasteiger partial charge in [-0.15, -0.1) is 0 Å². The average Bonchev–Trinajstić information content (AvgIpc) is 2.45. The molecule has 2 unspecified atom stereocenters. The molecule has 2 N–H and O–H groups in total. The predicted molar refractivity (Wildman–Crippen MR) is 72.7 cm³/mol. The molecule has 2 aromatic rings. The normalized spacial score (nSPS) is 14.1. The van der Waals surface area contributed by atoms with Crippen molar-refractivity contribution < 1.29 is 9.90 Å². The van der Waals surface area contributed by atoms with Crippen molar-refractivity contribution in [1.82, 2.24) is 15.3 Å². The Morgan fingerprint density at radius 3 is 2.79 bits per heavy atom. The van der Waals surface area contributed by atoms with E-state index in [1.54, 1.807) is 24.5 Å². The van der Waals surface area contributed by atoms with Crippen LogP contribution in [-0.4, -0.2) is 33.6 Å². The Kier molecular flexibility index (Phi) is 4.06. The fraction of sp³-hybridized carbons (Fsp3) is 0.357. The Morgan fingerprint density at radius 1 is 1.32 bits per heavy atom. The highest BCUT2D eigenvalue weighted by atomic mass is 16.3. The van der Waals surface area contributed by atoms with Gasteiger partial charge in [-0.3, -0.25) is 14.8 Å². The lowest BCUT2D eigenvalue weighted by atomic mass is 10.0. The minimum Gasteiger partial charge on any atom is -0.396 e. The van der Waals surface area contributed by atoms with Crippen molar-refractivity contribution in [2.45, 2.75) is 19.9 Å². The molecule has 5 nitrogen and oxygen atoms in total. The largest absolute Gasteiger partial charge is 0.396 e. The molecule has 0 saturated heterocycles. The monoisotopic (exact) mass is 259 g/mol. The number of aromatic nitrogens is 2. The number of aliphatic hydroxyl groups excluding tert-OH is 1. The Labute approximate surface area is 111 Å². The first-order chi connectivity index (χ1) is 9.13. The van der Waals surface area contributed by atoms with Crippen LogP contribution in [0.4, 0.5) is 0 Å². The fourth-order valence-corrected chi connectivity index (χ4v) is 1.76. The van der Waals surface area contributed by atoms with E-state index >= 15 is 0 Å². The predicted octanol–water partition coefficient (Wildman–Crippen LogP) is 1.38. The van der Waals surface area contributed by atoms with Crippen molar-refractivity contribution in [2.24, 2.45) is 5.92 Å². The lowest BCUT2D eigenvalue weighted by Crippen LogP contribution is -2.38. The zero-order chi connectivity index (χ0) is 13.8. The molecular formula is C14H17N3O2. The van der Waals surface area contributed by atoms with Crippen LogP contribution in [0.15, 0.2) is 30.6 Å². The van der Waals surface area contributed by atoms with Crippen LogP contribution < -0.4 is 5.32 Å². The van der Waals surface area contributed by atoms with Crippen molar-refractivity contribution in [3.8, 4) is 0 Å². The molecule has 0 fully saturated rings. The van der Waals surface area contributed by atoms with Crippen LogP contribution in [0.2, 0.25) is 0 Å². The highest BCUT2D eigenvalue weighted by molar-refractivity contribution is 6.04. The number of rotatable bonds is 4. The summed E-state index contributed by atoms with van der Waals surface area (Å²) in [5, 5.41) is 12.0. The number of nitrogens with one attached hydrogen (secondary N) is 1. The average molecular weight is 259 g/mol. The minimum atomic E-state index is -0.195. The second kappa shape index (κ2) is 5.75. The van der Waals surface area contributed by atoms with Crippen LogP contribution in [0.25, 0.3) is 11.0 Å². The zero-order valence-corrected chi connectivity index (χ0v) is 11.0. The number of amides is 1. The first kappa shape index (κ1) is 13.4. The van der Waals surface area contributed by atoms with E-state index < -0.39 is 0 Å². The van der Waals surface area contributed by atoms with Crippen LogP contribution in [0.3, 0.4) is 0 Å². The van der Waals surface area contributed by atoms with Crippen molar-refractivity contribution >= 4 is 16.9 Å². The van der Waals surface area contributed by atoms with Gasteiger partial charge in [-0.1, -0.05) is 13.0 Å². The second-order valence-electron chi connectivity index (χ2n) is 4.65. The molecule has 1 aromatic heterocycles. The molecule has 1 heterocycles. The molecule has 1 amide bonds. The molecule has 5 heteroatoms. The van der Waals surface area contributed by atoms with E-state index in [2.05, 4.69) is 15.3 Å². The highest BCUT2D eigenvalue weighted by Crippen LogP contribution is 2.14. The van der Waals surface area contributed by atoms with Gasteiger partial charge in [-0.25, -0.2) is 0 Å². The van der Waals surface area contributed by atoms with E-state index in [0.29, 0.717) is 16.6 Å². The number of para-hydroxylation sites is 1. The van der Waals surface area contributed by atoms with Gasteiger partial charge in [0.25, 0.3) is 5.91 Å². The van der Waals surface area contributed by atoms with E-state index in [0.717, 1.165) is 0 Å². The minimum absolute atomic E-state index is 0.00464. The maximum Gasteiger partial charge on any atom is 0.253 e. The van der Waals surface area contributed by atoms with Crippen LogP contribution >= 0.6 is 0 Å². The number of hydrogen-bond acceptors (Lipinski definition) is 4. The molecule has 0 bridgehead atoms. The summed E-state index contributed by atoms with van der Waals surface area (Å²) < 4.78 is 0. The molecule has 2 atom stereocenters. The summed E-state index contributed by atoms with van der Waals surface area (Å²) in [5.41, 5.74) is 1.78. The van der Waals surface area contributed by atoms with Gasteiger partial charge in [-0.05, 0) is 25.0 Å². The van der Waals surface area contributed by atoms with Gasteiger partial charge >= 0.3 is 0 Å². The number of carbonyl (C=O) groups is 1. The Hall–Kier alpha value is -2.01. The SMILES string of the molecule is CC(CO)C(C)NC(=O)c1cccc2nccnc12.